The number of esters is 1. The van der Waals surface area contributed by atoms with E-state index in [1.165, 1.54) is 31.2 Å². The quantitative estimate of drug-likeness (QED) is 0.197. The lowest BCUT2D eigenvalue weighted by Crippen LogP contribution is -2.39. The smallest absolute Gasteiger partial charge is 0.347 e. The van der Waals surface area contributed by atoms with E-state index < -0.39 is 54.4 Å². The molecule has 174 valence electrons. The minimum absolute atomic E-state index is 0.152. The van der Waals surface area contributed by atoms with Gasteiger partial charge in [-0.05, 0) is 44.7 Å². The lowest BCUT2D eigenvalue weighted by atomic mass is 9.98. The molecule has 3 rings (SSSR count). The first-order valence-electron chi connectivity index (χ1n) is 9.99. The van der Waals surface area contributed by atoms with Crippen molar-refractivity contribution in [3.05, 3.63) is 59.4 Å². The molecule has 0 bridgehead atoms. The van der Waals surface area contributed by atoms with Crippen molar-refractivity contribution in [1.29, 1.82) is 0 Å². The molecule has 5 nitrogen and oxygen atoms in total. The highest BCUT2D eigenvalue weighted by Gasteiger charge is 2.37. The van der Waals surface area contributed by atoms with E-state index in [0.717, 1.165) is 19.3 Å². The normalized spacial score (nSPS) is 17.4. The van der Waals surface area contributed by atoms with E-state index in [-0.39, 0.29) is 11.4 Å². The number of nitrogens with one attached hydrogen (secondary N) is 1. The van der Waals surface area contributed by atoms with Crippen LogP contribution in [0.3, 0.4) is 0 Å². The second-order valence-corrected chi connectivity index (χ2v) is 9.49. The summed E-state index contributed by atoms with van der Waals surface area (Å²) in [7, 11) is -4.55. The number of rotatable bonds is 7. The molecule has 32 heavy (non-hydrogen) atoms. The van der Waals surface area contributed by atoms with Crippen molar-refractivity contribution in [3.8, 4) is 5.75 Å². The maximum absolute atomic E-state index is 14.2. The molecule has 1 aliphatic rings. The van der Waals surface area contributed by atoms with Crippen LogP contribution < -0.4 is 14.9 Å². The van der Waals surface area contributed by atoms with E-state index in [0.29, 0.717) is 12.8 Å². The Morgan fingerprint density at radius 3 is 2.03 bits per heavy atom. The molecule has 0 saturated heterocycles. The van der Waals surface area contributed by atoms with Crippen LogP contribution in [0, 0.1) is 29.1 Å². The Morgan fingerprint density at radius 2 is 1.47 bits per heavy atom. The fraction of sp³-hybridized carbons (Fsp3) is 0.381. The molecule has 2 aromatic carbocycles. The fourth-order valence-corrected chi connectivity index (χ4v) is 5.23. The summed E-state index contributed by atoms with van der Waals surface area (Å²) in [5.41, 5.74) is 0. The SMILES string of the molecule is C[C@H](N[P@@](=O)(Oc1c(F)c(F)c(F)c(F)c1F)c1ccccc1)C(=O)OC1CCCCC1. The summed E-state index contributed by atoms with van der Waals surface area (Å²) in [5, 5.41) is 2.19. The molecular formula is C21H21F5NO4P. The van der Waals surface area contributed by atoms with Crippen molar-refractivity contribution in [3.63, 3.8) is 0 Å². The summed E-state index contributed by atoms with van der Waals surface area (Å²) in [5.74, 6) is -13.9. The molecule has 1 fully saturated rings. The molecule has 0 aliphatic heterocycles. The monoisotopic (exact) mass is 477 g/mol. The summed E-state index contributed by atoms with van der Waals surface area (Å²) in [4.78, 5) is 12.5. The maximum atomic E-state index is 14.2. The summed E-state index contributed by atoms with van der Waals surface area (Å²) in [6, 6.07) is 5.65. The van der Waals surface area contributed by atoms with Gasteiger partial charge in [-0.25, -0.2) is 18.3 Å². The minimum atomic E-state index is -4.55. The number of halogens is 5. The summed E-state index contributed by atoms with van der Waals surface area (Å²) < 4.78 is 92.8. The van der Waals surface area contributed by atoms with Crippen molar-refractivity contribution >= 4 is 18.8 Å². The summed E-state index contributed by atoms with van der Waals surface area (Å²) in [6.45, 7) is 1.29. The molecule has 0 amide bonds. The Morgan fingerprint density at radius 1 is 0.938 bits per heavy atom. The van der Waals surface area contributed by atoms with Gasteiger partial charge in [0.1, 0.15) is 12.1 Å². The van der Waals surface area contributed by atoms with Gasteiger partial charge < -0.3 is 9.26 Å². The van der Waals surface area contributed by atoms with Crippen LogP contribution in [-0.4, -0.2) is 18.1 Å². The fourth-order valence-electron chi connectivity index (χ4n) is 3.33. The van der Waals surface area contributed by atoms with E-state index in [1.54, 1.807) is 6.07 Å². The van der Waals surface area contributed by atoms with Crippen LogP contribution in [0.4, 0.5) is 22.0 Å². The molecule has 2 atom stereocenters. The van der Waals surface area contributed by atoms with Crippen LogP contribution in [0.25, 0.3) is 0 Å². The van der Waals surface area contributed by atoms with Gasteiger partial charge >= 0.3 is 13.5 Å². The van der Waals surface area contributed by atoms with Gasteiger partial charge in [0.15, 0.2) is 0 Å². The predicted molar refractivity (Wildman–Crippen MR) is 106 cm³/mol. The first kappa shape index (κ1) is 24.2. The van der Waals surface area contributed by atoms with Crippen LogP contribution in [-0.2, 0) is 14.1 Å². The minimum Gasteiger partial charge on any atom is -0.461 e. The van der Waals surface area contributed by atoms with Crippen molar-refractivity contribution in [2.45, 2.75) is 51.2 Å². The van der Waals surface area contributed by atoms with Crippen LogP contribution >= 0.6 is 7.52 Å². The van der Waals surface area contributed by atoms with Gasteiger partial charge in [0, 0.05) is 0 Å². The average molecular weight is 477 g/mol. The zero-order valence-electron chi connectivity index (χ0n) is 17.0. The Bertz CT molecular complexity index is 1000. The predicted octanol–water partition coefficient (Wildman–Crippen LogP) is 5.13. The third-order valence-corrected chi connectivity index (χ3v) is 7.18. The van der Waals surface area contributed by atoms with Crippen LogP contribution in [0.2, 0.25) is 0 Å². The second-order valence-electron chi connectivity index (χ2n) is 7.43. The van der Waals surface area contributed by atoms with E-state index in [1.807, 2.05) is 0 Å². The number of hydrogen-bond acceptors (Lipinski definition) is 4. The Balaban J connectivity index is 1.91. The van der Waals surface area contributed by atoms with E-state index in [9.17, 15) is 31.3 Å². The second kappa shape index (κ2) is 10.0. The Kier molecular flexibility index (Phi) is 7.56. The molecule has 11 heteroatoms. The number of benzene rings is 2. The molecule has 0 unspecified atom stereocenters. The van der Waals surface area contributed by atoms with Gasteiger partial charge in [-0.15, -0.1) is 0 Å². The van der Waals surface area contributed by atoms with Crippen LogP contribution in [0.15, 0.2) is 30.3 Å². The number of carbonyl (C=O) groups is 1. The average Bonchev–Trinajstić information content (AvgIpc) is 2.80. The third kappa shape index (κ3) is 5.13. The standard InChI is InChI=1S/C21H21F5NO4P/c1-12(21(28)30-13-8-4-2-5-9-13)27-32(29,14-10-6-3-7-11-14)31-20-18(25)16(23)15(22)17(24)19(20)26/h3,6-7,10-13H,2,4-5,8-9H2,1H3,(H,27,29)/t12-,32-/m0/s1. The van der Waals surface area contributed by atoms with Crippen LogP contribution in [0.5, 0.6) is 5.75 Å². The van der Waals surface area contributed by atoms with E-state index >= 15 is 0 Å². The molecule has 0 spiro atoms. The zero-order valence-corrected chi connectivity index (χ0v) is 17.9. The Hall–Kier alpha value is -2.45. The first-order valence-corrected chi connectivity index (χ1v) is 11.6. The van der Waals surface area contributed by atoms with Crippen molar-refractivity contribution < 1.29 is 40.6 Å². The van der Waals surface area contributed by atoms with Gasteiger partial charge in [0.2, 0.25) is 34.8 Å². The van der Waals surface area contributed by atoms with E-state index in [4.69, 9.17) is 9.26 Å². The lowest BCUT2D eigenvalue weighted by Gasteiger charge is -2.27. The largest absolute Gasteiger partial charge is 0.461 e. The van der Waals surface area contributed by atoms with Crippen molar-refractivity contribution in [2.24, 2.45) is 0 Å². The molecule has 1 saturated carbocycles. The number of hydrogen-bond donors (Lipinski definition) is 1. The molecule has 0 aromatic heterocycles. The number of ether oxygens (including phenoxy) is 1. The lowest BCUT2D eigenvalue weighted by molar-refractivity contribution is -0.152. The maximum Gasteiger partial charge on any atom is 0.347 e. The topological polar surface area (TPSA) is 64.6 Å². The molecule has 0 radical (unpaired) electrons. The van der Waals surface area contributed by atoms with Crippen molar-refractivity contribution in [1.82, 2.24) is 5.09 Å². The summed E-state index contributed by atoms with van der Waals surface area (Å²) in [6.07, 6.45) is 3.86. The highest BCUT2D eigenvalue weighted by atomic mass is 31.2. The number of carbonyl (C=O) groups excluding carboxylic acids is 1. The van der Waals surface area contributed by atoms with Gasteiger partial charge in [-0.1, -0.05) is 24.6 Å². The van der Waals surface area contributed by atoms with Gasteiger partial charge in [0.25, 0.3) is 0 Å². The van der Waals surface area contributed by atoms with Crippen molar-refractivity contribution in [2.75, 3.05) is 0 Å². The highest BCUT2D eigenvalue weighted by molar-refractivity contribution is 7.65. The van der Waals surface area contributed by atoms with Gasteiger partial charge in [-0.2, -0.15) is 8.78 Å². The highest BCUT2D eigenvalue weighted by Crippen LogP contribution is 2.45. The molecule has 1 N–H and O–H groups in total. The Labute approximate surface area is 181 Å². The van der Waals surface area contributed by atoms with Gasteiger partial charge in [0.05, 0.1) is 5.30 Å². The molecule has 0 heterocycles. The first-order chi connectivity index (χ1) is 15.1. The third-order valence-electron chi connectivity index (χ3n) is 5.04. The zero-order chi connectivity index (χ0) is 23.5. The molecular weight excluding hydrogens is 456 g/mol. The van der Waals surface area contributed by atoms with Gasteiger partial charge in [-0.3, -0.25) is 9.36 Å². The summed E-state index contributed by atoms with van der Waals surface area (Å²) >= 11 is 0. The molecule has 2 aromatic rings. The van der Waals surface area contributed by atoms with Crippen LogP contribution in [0.1, 0.15) is 39.0 Å². The molecule has 1 aliphatic carbocycles. The van der Waals surface area contributed by atoms with E-state index in [2.05, 4.69) is 5.09 Å².